The van der Waals surface area contributed by atoms with Gasteiger partial charge in [-0.15, -0.1) is 0 Å². The standard InChI is InChI=1S/C24H30N4O4S/c1-32-24(31)21-6-3-9-28(21)20-7-10-26(11-8-20)17-22(29)25-19-5-2-4-18(16-19)23(30)27-12-14-33-15-13-27/h2-6,9,16,20H,7-8,10-15,17H2,1H3,(H,25,29). The monoisotopic (exact) mass is 470 g/mol. The number of hydrogen-bond donors (Lipinski definition) is 1. The highest BCUT2D eigenvalue weighted by molar-refractivity contribution is 7.99. The SMILES string of the molecule is COC(=O)c1cccn1C1CCN(CC(=O)Nc2cccc(C(=O)N3CCSCC3)c2)CC1. The van der Waals surface area contributed by atoms with E-state index >= 15 is 0 Å². The summed E-state index contributed by atoms with van der Waals surface area (Å²) in [5.74, 6) is 1.52. The number of carbonyl (C=O) groups is 3. The number of ether oxygens (including phenoxy) is 1. The number of nitrogens with one attached hydrogen (secondary N) is 1. The van der Waals surface area contributed by atoms with E-state index in [4.69, 9.17) is 4.74 Å². The minimum absolute atomic E-state index is 0.0183. The molecule has 0 atom stereocenters. The largest absolute Gasteiger partial charge is 0.464 e. The van der Waals surface area contributed by atoms with Gasteiger partial charge in [-0.05, 0) is 43.2 Å². The molecule has 4 rings (SSSR count). The summed E-state index contributed by atoms with van der Waals surface area (Å²) in [6.07, 6.45) is 3.62. The zero-order chi connectivity index (χ0) is 23.2. The maximum Gasteiger partial charge on any atom is 0.354 e. The second-order valence-corrected chi connectivity index (χ2v) is 9.56. The van der Waals surface area contributed by atoms with Crippen molar-refractivity contribution in [2.45, 2.75) is 18.9 Å². The van der Waals surface area contributed by atoms with Crippen LogP contribution in [-0.4, -0.2) is 83.5 Å². The van der Waals surface area contributed by atoms with Crippen LogP contribution in [0.25, 0.3) is 0 Å². The van der Waals surface area contributed by atoms with E-state index in [0.717, 1.165) is 50.5 Å². The highest BCUT2D eigenvalue weighted by atomic mass is 32.2. The number of nitrogens with zero attached hydrogens (tertiary/aromatic N) is 3. The van der Waals surface area contributed by atoms with Gasteiger partial charge < -0.3 is 19.5 Å². The predicted molar refractivity (Wildman–Crippen MR) is 129 cm³/mol. The van der Waals surface area contributed by atoms with Gasteiger partial charge in [-0.2, -0.15) is 11.8 Å². The molecule has 1 aromatic carbocycles. The fourth-order valence-electron chi connectivity index (χ4n) is 4.43. The number of likely N-dealkylation sites (tertiary alicyclic amines) is 1. The van der Waals surface area contributed by atoms with Gasteiger partial charge in [-0.1, -0.05) is 6.07 Å². The van der Waals surface area contributed by atoms with Gasteiger partial charge in [0.05, 0.1) is 13.7 Å². The lowest BCUT2D eigenvalue weighted by molar-refractivity contribution is -0.117. The van der Waals surface area contributed by atoms with Crippen LogP contribution in [0.2, 0.25) is 0 Å². The van der Waals surface area contributed by atoms with E-state index in [9.17, 15) is 14.4 Å². The van der Waals surface area contributed by atoms with Crippen LogP contribution in [0.1, 0.15) is 39.7 Å². The molecule has 2 amide bonds. The molecule has 1 aromatic heterocycles. The topological polar surface area (TPSA) is 83.9 Å². The number of rotatable bonds is 6. The van der Waals surface area contributed by atoms with Crippen LogP contribution in [0, 0.1) is 0 Å². The van der Waals surface area contributed by atoms with Crippen molar-refractivity contribution < 1.29 is 19.1 Å². The Bertz CT molecular complexity index is 994. The maximum atomic E-state index is 12.7. The molecular formula is C24H30N4O4S. The first kappa shape index (κ1) is 23.4. The summed E-state index contributed by atoms with van der Waals surface area (Å²) in [5.41, 5.74) is 1.81. The van der Waals surface area contributed by atoms with Crippen molar-refractivity contribution >= 4 is 35.2 Å². The third-order valence-electron chi connectivity index (χ3n) is 6.18. The van der Waals surface area contributed by atoms with Crippen LogP contribution in [0.5, 0.6) is 0 Å². The quantitative estimate of drug-likeness (QED) is 0.654. The fourth-order valence-corrected chi connectivity index (χ4v) is 5.33. The number of esters is 1. The van der Waals surface area contributed by atoms with E-state index in [0.29, 0.717) is 23.5 Å². The molecule has 2 saturated heterocycles. The van der Waals surface area contributed by atoms with Crippen molar-refractivity contribution in [3.63, 3.8) is 0 Å². The second kappa shape index (κ2) is 10.9. The van der Waals surface area contributed by atoms with E-state index in [2.05, 4.69) is 10.2 Å². The number of carbonyl (C=O) groups excluding carboxylic acids is 3. The van der Waals surface area contributed by atoms with Gasteiger partial charge in [0.15, 0.2) is 0 Å². The predicted octanol–water partition coefficient (Wildman–Crippen LogP) is 2.74. The Morgan fingerprint density at radius 2 is 1.82 bits per heavy atom. The summed E-state index contributed by atoms with van der Waals surface area (Å²) in [5, 5.41) is 2.94. The zero-order valence-corrected chi connectivity index (χ0v) is 19.7. The maximum absolute atomic E-state index is 12.7. The summed E-state index contributed by atoms with van der Waals surface area (Å²) in [4.78, 5) is 41.3. The summed E-state index contributed by atoms with van der Waals surface area (Å²) in [7, 11) is 1.39. The van der Waals surface area contributed by atoms with E-state index < -0.39 is 0 Å². The molecule has 0 spiro atoms. The van der Waals surface area contributed by atoms with E-state index in [1.54, 1.807) is 18.2 Å². The number of thioether (sulfide) groups is 1. The number of methoxy groups -OCH3 is 1. The van der Waals surface area contributed by atoms with Crippen molar-refractivity contribution in [3.05, 3.63) is 53.9 Å². The van der Waals surface area contributed by atoms with Gasteiger partial charge in [0.1, 0.15) is 5.69 Å². The Hall–Kier alpha value is -2.78. The van der Waals surface area contributed by atoms with E-state index in [-0.39, 0.29) is 23.8 Å². The molecule has 2 fully saturated rings. The second-order valence-electron chi connectivity index (χ2n) is 8.33. The first-order valence-corrected chi connectivity index (χ1v) is 12.4. The molecule has 33 heavy (non-hydrogen) atoms. The van der Waals surface area contributed by atoms with Crippen LogP contribution in [0.4, 0.5) is 5.69 Å². The number of hydrogen-bond acceptors (Lipinski definition) is 6. The van der Waals surface area contributed by atoms with Crippen molar-refractivity contribution in [2.75, 3.05) is 56.7 Å². The molecule has 0 aliphatic carbocycles. The molecule has 0 radical (unpaired) electrons. The highest BCUT2D eigenvalue weighted by Gasteiger charge is 2.25. The minimum Gasteiger partial charge on any atom is -0.464 e. The Kier molecular flexibility index (Phi) is 7.72. The normalized spacial score (nSPS) is 17.5. The minimum atomic E-state index is -0.332. The van der Waals surface area contributed by atoms with Crippen LogP contribution in [0.3, 0.4) is 0 Å². The molecule has 176 valence electrons. The highest BCUT2D eigenvalue weighted by Crippen LogP contribution is 2.25. The van der Waals surface area contributed by atoms with Gasteiger partial charge in [0, 0.05) is 61.2 Å². The Balaban J connectivity index is 1.28. The molecule has 2 aliphatic heterocycles. The first-order chi connectivity index (χ1) is 16.0. The summed E-state index contributed by atoms with van der Waals surface area (Å²) >= 11 is 1.86. The van der Waals surface area contributed by atoms with Crippen molar-refractivity contribution in [1.82, 2.24) is 14.4 Å². The third-order valence-corrected chi connectivity index (χ3v) is 7.13. The summed E-state index contributed by atoms with van der Waals surface area (Å²) in [6.45, 7) is 3.36. The first-order valence-electron chi connectivity index (χ1n) is 11.3. The average Bonchev–Trinajstić information content (AvgIpc) is 3.34. The number of benzene rings is 1. The van der Waals surface area contributed by atoms with Gasteiger partial charge in [-0.3, -0.25) is 14.5 Å². The Morgan fingerprint density at radius 1 is 1.06 bits per heavy atom. The number of aromatic nitrogens is 1. The lowest BCUT2D eigenvalue weighted by Crippen LogP contribution is -2.40. The molecule has 0 unspecified atom stereocenters. The van der Waals surface area contributed by atoms with Gasteiger partial charge in [-0.25, -0.2) is 4.79 Å². The molecule has 9 heteroatoms. The number of anilines is 1. The summed E-state index contributed by atoms with van der Waals surface area (Å²) in [6, 6.07) is 11.0. The molecule has 2 aromatic rings. The lowest BCUT2D eigenvalue weighted by atomic mass is 10.0. The van der Waals surface area contributed by atoms with Gasteiger partial charge in [0.2, 0.25) is 5.91 Å². The van der Waals surface area contributed by atoms with Crippen molar-refractivity contribution in [3.8, 4) is 0 Å². The number of amides is 2. The fraction of sp³-hybridized carbons (Fsp3) is 0.458. The molecule has 1 N–H and O–H groups in total. The third kappa shape index (κ3) is 5.78. The van der Waals surface area contributed by atoms with Gasteiger partial charge in [0.25, 0.3) is 5.91 Å². The summed E-state index contributed by atoms with van der Waals surface area (Å²) < 4.78 is 6.85. The lowest BCUT2D eigenvalue weighted by Gasteiger charge is -2.32. The van der Waals surface area contributed by atoms with E-state index in [1.165, 1.54) is 7.11 Å². The molecule has 3 heterocycles. The molecule has 2 aliphatic rings. The average molecular weight is 471 g/mol. The van der Waals surface area contributed by atoms with Crippen molar-refractivity contribution in [2.24, 2.45) is 0 Å². The molecule has 0 bridgehead atoms. The van der Waals surface area contributed by atoms with E-state index in [1.807, 2.05) is 45.6 Å². The zero-order valence-electron chi connectivity index (χ0n) is 18.9. The van der Waals surface area contributed by atoms with Crippen LogP contribution in [-0.2, 0) is 9.53 Å². The molecule has 0 saturated carbocycles. The Labute approximate surface area is 198 Å². The Morgan fingerprint density at radius 3 is 2.55 bits per heavy atom. The molecule has 8 nitrogen and oxygen atoms in total. The van der Waals surface area contributed by atoms with Crippen LogP contribution >= 0.6 is 11.8 Å². The molecular weight excluding hydrogens is 440 g/mol. The smallest absolute Gasteiger partial charge is 0.354 e. The van der Waals surface area contributed by atoms with Crippen LogP contribution in [0.15, 0.2) is 42.6 Å². The van der Waals surface area contributed by atoms with Crippen molar-refractivity contribution in [1.29, 1.82) is 0 Å². The van der Waals surface area contributed by atoms with Crippen LogP contribution < -0.4 is 5.32 Å². The van der Waals surface area contributed by atoms with Gasteiger partial charge >= 0.3 is 5.97 Å². The number of piperidine rings is 1.